The van der Waals surface area contributed by atoms with Gasteiger partial charge in [-0.1, -0.05) is 35.9 Å². The number of benzene rings is 3. The van der Waals surface area contributed by atoms with Crippen LogP contribution in [-0.2, 0) is 16.3 Å². The van der Waals surface area contributed by atoms with Gasteiger partial charge in [-0.25, -0.2) is 8.42 Å². The number of carboxylic acids is 1. The molecule has 0 heterocycles. The van der Waals surface area contributed by atoms with E-state index in [4.69, 9.17) is 21.4 Å². The van der Waals surface area contributed by atoms with Gasteiger partial charge in [0.1, 0.15) is 12.4 Å². The number of aliphatic hydroxyl groups excluding tert-OH is 2. The molecule has 8 nitrogen and oxygen atoms in total. The third kappa shape index (κ3) is 8.03. The van der Waals surface area contributed by atoms with Gasteiger partial charge in [0.05, 0.1) is 28.5 Å². The van der Waals surface area contributed by atoms with E-state index >= 15 is 0 Å². The van der Waals surface area contributed by atoms with Crippen molar-refractivity contribution in [2.45, 2.75) is 22.3 Å². The molecule has 0 spiro atoms. The number of carbonyl (C=O) groups excluding carboxylic acids is 1. The van der Waals surface area contributed by atoms with Gasteiger partial charge < -0.3 is 30.2 Å². The SMILES string of the molecule is O=C([O-])c1cc(S(=O)(=O)c2ccc(CCNC[C@H](O)c3cccc(Cl)c3)cc2)ccc1OCCO.[Na+]. The molecule has 0 saturated carbocycles. The Morgan fingerprint density at radius 2 is 1.75 bits per heavy atom. The van der Waals surface area contributed by atoms with Gasteiger partial charge in [-0.15, -0.1) is 0 Å². The summed E-state index contributed by atoms with van der Waals surface area (Å²) in [6.07, 6.45) is -0.0959. The minimum absolute atomic E-state index is 0. The molecule has 0 fully saturated rings. The maximum Gasteiger partial charge on any atom is 1.00 e. The van der Waals surface area contributed by atoms with Gasteiger partial charge >= 0.3 is 29.6 Å². The molecule has 3 rings (SSSR count). The molecule has 11 heteroatoms. The molecular weight excluding hydrogens is 517 g/mol. The van der Waals surface area contributed by atoms with Crippen LogP contribution in [0, 0.1) is 0 Å². The minimum Gasteiger partial charge on any atom is -0.545 e. The van der Waals surface area contributed by atoms with Crippen LogP contribution in [0.4, 0.5) is 0 Å². The Morgan fingerprint density at radius 3 is 2.39 bits per heavy atom. The van der Waals surface area contributed by atoms with E-state index in [0.717, 1.165) is 17.2 Å². The first-order valence-electron chi connectivity index (χ1n) is 10.8. The fraction of sp³-hybridized carbons (Fsp3) is 0.240. The Balaban J connectivity index is 0.00000456. The second-order valence-corrected chi connectivity index (χ2v) is 10.1. The zero-order valence-electron chi connectivity index (χ0n) is 19.7. The van der Waals surface area contributed by atoms with Crippen LogP contribution in [0.5, 0.6) is 5.75 Å². The zero-order valence-corrected chi connectivity index (χ0v) is 23.3. The van der Waals surface area contributed by atoms with E-state index in [2.05, 4.69) is 5.32 Å². The number of carbonyl (C=O) groups is 1. The Morgan fingerprint density at radius 1 is 1.06 bits per heavy atom. The molecule has 0 aliphatic carbocycles. The number of halogens is 1. The van der Waals surface area contributed by atoms with Crippen molar-refractivity contribution in [3.05, 3.63) is 88.4 Å². The fourth-order valence-electron chi connectivity index (χ4n) is 3.39. The van der Waals surface area contributed by atoms with Crippen LogP contribution in [0.3, 0.4) is 0 Å². The maximum absolute atomic E-state index is 13.0. The van der Waals surface area contributed by atoms with Crippen molar-refractivity contribution in [3.8, 4) is 5.75 Å². The number of sulfone groups is 1. The minimum atomic E-state index is -3.98. The van der Waals surface area contributed by atoms with Crippen molar-refractivity contribution in [3.63, 3.8) is 0 Å². The van der Waals surface area contributed by atoms with E-state index < -0.39 is 27.5 Å². The van der Waals surface area contributed by atoms with Crippen molar-refractivity contribution < 1.29 is 62.8 Å². The number of hydrogen-bond acceptors (Lipinski definition) is 8. The summed E-state index contributed by atoms with van der Waals surface area (Å²) in [4.78, 5) is 11.2. The van der Waals surface area contributed by atoms with Crippen molar-refractivity contribution in [2.75, 3.05) is 26.3 Å². The fourth-order valence-corrected chi connectivity index (χ4v) is 4.88. The molecule has 0 radical (unpaired) electrons. The van der Waals surface area contributed by atoms with E-state index in [-0.39, 0.29) is 58.3 Å². The number of rotatable bonds is 12. The summed E-state index contributed by atoms with van der Waals surface area (Å²) >= 11 is 5.94. The van der Waals surface area contributed by atoms with Gasteiger partial charge in [-0.2, -0.15) is 0 Å². The average Bonchev–Trinajstić information content (AvgIpc) is 2.85. The van der Waals surface area contributed by atoms with Crippen molar-refractivity contribution in [1.29, 1.82) is 0 Å². The zero-order chi connectivity index (χ0) is 25.4. The second-order valence-electron chi connectivity index (χ2n) is 7.69. The molecule has 186 valence electrons. The standard InChI is InChI=1S/C25H26ClNO7S.Na/c26-19-3-1-2-18(14-19)23(29)16-27-11-10-17-4-6-20(7-5-17)35(32,33)21-8-9-24(34-13-12-28)22(15-21)25(30)31;/h1-9,14-15,23,27-29H,10-13,16H2,(H,30,31);/q;+1/p-1/t23-;/m0./s1. The average molecular weight is 542 g/mol. The topological polar surface area (TPSA) is 136 Å². The van der Waals surface area contributed by atoms with Crippen LogP contribution in [-0.4, -0.2) is 50.9 Å². The molecule has 0 bridgehead atoms. The van der Waals surface area contributed by atoms with E-state index in [0.29, 0.717) is 24.5 Å². The van der Waals surface area contributed by atoms with Gasteiger partial charge in [-0.3, -0.25) is 0 Å². The molecular formula is C25H25ClNNaO7S. The largest absolute Gasteiger partial charge is 1.00 e. The molecule has 0 amide bonds. The summed E-state index contributed by atoms with van der Waals surface area (Å²) in [5.41, 5.74) is 1.19. The molecule has 3 aromatic rings. The number of hydrogen-bond donors (Lipinski definition) is 3. The van der Waals surface area contributed by atoms with Crippen LogP contribution in [0.15, 0.2) is 76.5 Å². The van der Waals surface area contributed by atoms with Crippen LogP contribution in [0.1, 0.15) is 27.6 Å². The van der Waals surface area contributed by atoms with Crippen LogP contribution in [0.2, 0.25) is 5.02 Å². The normalized spacial score (nSPS) is 12.0. The molecule has 36 heavy (non-hydrogen) atoms. The summed E-state index contributed by atoms with van der Waals surface area (Å²) in [5.74, 6) is -1.67. The number of nitrogens with one attached hydrogen (secondary N) is 1. The molecule has 0 saturated heterocycles. The summed E-state index contributed by atoms with van der Waals surface area (Å²) in [6, 6.07) is 16.8. The Bertz CT molecular complexity index is 1270. The van der Waals surface area contributed by atoms with E-state index in [9.17, 15) is 23.4 Å². The molecule has 0 aliphatic heterocycles. The van der Waals surface area contributed by atoms with E-state index in [1.54, 1.807) is 36.4 Å². The third-order valence-corrected chi connectivity index (χ3v) is 7.23. The molecule has 0 aromatic heterocycles. The van der Waals surface area contributed by atoms with Crippen LogP contribution >= 0.6 is 11.6 Å². The number of aliphatic hydroxyl groups is 2. The van der Waals surface area contributed by atoms with Crippen molar-refractivity contribution >= 4 is 27.4 Å². The first-order valence-corrected chi connectivity index (χ1v) is 12.7. The summed E-state index contributed by atoms with van der Waals surface area (Å²) in [6.45, 7) is 0.443. The number of ether oxygens (including phenoxy) is 1. The number of aromatic carboxylic acids is 1. The molecule has 1 atom stereocenters. The molecule has 0 unspecified atom stereocenters. The monoisotopic (exact) mass is 541 g/mol. The predicted octanol–water partition coefficient (Wildman–Crippen LogP) is -1.22. The van der Waals surface area contributed by atoms with Crippen molar-refractivity contribution in [1.82, 2.24) is 5.32 Å². The second kappa shape index (κ2) is 14.1. The van der Waals surface area contributed by atoms with Crippen molar-refractivity contribution in [2.24, 2.45) is 0 Å². The summed E-state index contributed by atoms with van der Waals surface area (Å²) in [5, 5.41) is 34.2. The van der Waals surface area contributed by atoms with Gasteiger partial charge in [0.2, 0.25) is 9.84 Å². The number of carboxylic acid groups (broad SMARTS) is 1. The summed E-state index contributed by atoms with van der Waals surface area (Å²) in [7, 11) is -3.98. The van der Waals surface area contributed by atoms with Gasteiger partial charge in [0, 0.05) is 17.1 Å². The summed E-state index contributed by atoms with van der Waals surface area (Å²) < 4.78 is 31.1. The first-order chi connectivity index (χ1) is 16.7. The van der Waals surface area contributed by atoms with E-state index in [1.165, 1.54) is 24.3 Å². The van der Waals surface area contributed by atoms with Crippen LogP contribution < -0.4 is 44.7 Å². The van der Waals surface area contributed by atoms with Crippen LogP contribution in [0.25, 0.3) is 0 Å². The maximum atomic E-state index is 13.0. The van der Waals surface area contributed by atoms with Gasteiger partial charge in [0.25, 0.3) is 0 Å². The van der Waals surface area contributed by atoms with Gasteiger partial charge in [0.15, 0.2) is 0 Å². The smallest absolute Gasteiger partial charge is 0.545 e. The Kier molecular flexibility index (Phi) is 11.9. The quantitative estimate of drug-likeness (QED) is 0.192. The molecule has 0 aliphatic rings. The molecule has 3 N–H and O–H groups in total. The van der Waals surface area contributed by atoms with Gasteiger partial charge in [-0.05, 0) is 66.6 Å². The van der Waals surface area contributed by atoms with E-state index in [1.807, 2.05) is 0 Å². The Labute approximate surface area is 237 Å². The predicted molar refractivity (Wildman–Crippen MR) is 128 cm³/mol. The Hall–Kier alpha value is -1.95. The third-order valence-electron chi connectivity index (χ3n) is 5.23. The first kappa shape index (κ1) is 30.3. The molecule has 3 aromatic carbocycles.